The summed E-state index contributed by atoms with van der Waals surface area (Å²) in [5, 5.41) is 0. The highest BCUT2D eigenvalue weighted by atomic mass is 32.2. The summed E-state index contributed by atoms with van der Waals surface area (Å²) in [6.45, 7) is 0. The van der Waals surface area contributed by atoms with Gasteiger partial charge in [-0.1, -0.05) is 91.0 Å². The van der Waals surface area contributed by atoms with Gasteiger partial charge in [-0.3, -0.25) is 0 Å². The van der Waals surface area contributed by atoms with Crippen LogP contribution in [0.25, 0.3) is 33.4 Å². The van der Waals surface area contributed by atoms with Crippen LogP contribution in [0.3, 0.4) is 0 Å². The van der Waals surface area contributed by atoms with E-state index in [1.54, 1.807) is 6.07 Å². The molecular formula is C26H16F6O4S2. The topological polar surface area (TPSA) is 68.3 Å². The van der Waals surface area contributed by atoms with E-state index in [0.29, 0.717) is 0 Å². The first-order chi connectivity index (χ1) is 17.7. The third-order valence-corrected chi connectivity index (χ3v) is 8.87. The fourth-order valence-electron chi connectivity index (χ4n) is 3.96. The van der Waals surface area contributed by atoms with Gasteiger partial charge >= 0.3 is 11.0 Å². The van der Waals surface area contributed by atoms with E-state index < -0.39 is 51.6 Å². The number of sulfone groups is 2. The van der Waals surface area contributed by atoms with Crippen LogP contribution in [0.1, 0.15) is 0 Å². The lowest BCUT2D eigenvalue weighted by molar-refractivity contribution is -0.0456. The van der Waals surface area contributed by atoms with Crippen LogP contribution in [0, 0.1) is 0 Å². The Hall–Kier alpha value is -3.64. The van der Waals surface area contributed by atoms with Crippen LogP contribution in [0.2, 0.25) is 0 Å². The molecule has 0 saturated carbocycles. The van der Waals surface area contributed by atoms with Gasteiger partial charge in [-0.2, -0.15) is 26.3 Å². The molecule has 0 fully saturated rings. The summed E-state index contributed by atoms with van der Waals surface area (Å²) in [4.78, 5) is -3.99. The van der Waals surface area contributed by atoms with Crippen LogP contribution in [0.5, 0.6) is 0 Å². The van der Waals surface area contributed by atoms with E-state index in [1.165, 1.54) is 84.9 Å². The van der Waals surface area contributed by atoms with Gasteiger partial charge in [0, 0.05) is 11.1 Å². The predicted molar refractivity (Wildman–Crippen MR) is 129 cm³/mol. The molecule has 0 amide bonds. The summed E-state index contributed by atoms with van der Waals surface area (Å²) in [7, 11) is -13.3. The highest BCUT2D eigenvalue weighted by molar-refractivity contribution is 7.95. The van der Waals surface area contributed by atoms with E-state index in [2.05, 4.69) is 0 Å². The van der Waals surface area contributed by atoms with Gasteiger partial charge in [-0.05, 0) is 28.3 Å². The number of rotatable bonds is 5. The summed E-state index contributed by atoms with van der Waals surface area (Å²) >= 11 is 0. The molecule has 0 aromatic heterocycles. The molecule has 0 atom stereocenters. The quantitative estimate of drug-likeness (QED) is 0.237. The molecule has 38 heavy (non-hydrogen) atoms. The molecule has 0 N–H and O–H groups in total. The third kappa shape index (κ3) is 4.69. The zero-order valence-corrected chi connectivity index (χ0v) is 20.6. The standard InChI is InChI=1S/C26H16F6O4S2/c27-25(28,29)37(33,34)23-21(18-12-6-2-7-13-18)16-20(17-10-4-1-5-11-17)22(19-14-8-3-9-15-19)24(23)38(35,36)26(30,31)32/h1-16H. The van der Waals surface area contributed by atoms with Crippen LogP contribution in [0.4, 0.5) is 26.3 Å². The van der Waals surface area contributed by atoms with Crippen molar-refractivity contribution in [2.75, 3.05) is 0 Å². The molecule has 0 aliphatic carbocycles. The third-order valence-electron chi connectivity index (χ3n) is 5.61. The maximum Gasteiger partial charge on any atom is 0.501 e. The Morgan fingerprint density at radius 1 is 0.447 bits per heavy atom. The highest BCUT2D eigenvalue weighted by Gasteiger charge is 2.56. The molecule has 4 nitrogen and oxygen atoms in total. The maximum atomic E-state index is 14.1. The van der Waals surface area contributed by atoms with E-state index in [9.17, 15) is 43.2 Å². The molecule has 12 heteroatoms. The molecule has 4 aromatic rings. The van der Waals surface area contributed by atoms with Gasteiger partial charge in [0.05, 0.1) is 0 Å². The SMILES string of the molecule is O=S(=O)(c1c(-c2ccccc2)cc(-c2ccccc2)c(-c2ccccc2)c1S(=O)(=O)C(F)(F)F)C(F)(F)F. The van der Waals surface area contributed by atoms with E-state index in [4.69, 9.17) is 0 Å². The second-order valence-electron chi connectivity index (χ2n) is 8.00. The second-order valence-corrected chi connectivity index (χ2v) is 11.8. The van der Waals surface area contributed by atoms with Crippen molar-refractivity contribution in [3.05, 3.63) is 97.1 Å². The zero-order chi connectivity index (χ0) is 27.9. The molecule has 198 valence electrons. The van der Waals surface area contributed by atoms with Crippen LogP contribution in [-0.4, -0.2) is 27.9 Å². The minimum atomic E-state index is -6.67. The number of alkyl halides is 6. The lowest BCUT2D eigenvalue weighted by Crippen LogP contribution is -2.30. The van der Waals surface area contributed by atoms with Gasteiger partial charge in [0.15, 0.2) is 0 Å². The van der Waals surface area contributed by atoms with Crippen molar-refractivity contribution in [3.63, 3.8) is 0 Å². The summed E-state index contributed by atoms with van der Waals surface area (Å²) in [6, 6.07) is 21.3. The Balaban J connectivity index is 2.41. The first kappa shape index (κ1) is 27.4. The monoisotopic (exact) mass is 570 g/mol. The van der Waals surface area contributed by atoms with E-state index in [1.807, 2.05) is 0 Å². The van der Waals surface area contributed by atoms with E-state index >= 15 is 0 Å². The average Bonchev–Trinajstić information content (AvgIpc) is 2.87. The lowest BCUT2D eigenvalue weighted by atomic mass is 9.91. The van der Waals surface area contributed by atoms with Gasteiger partial charge in [-0.25, -0.2) is 16.8 Å². The van der Waals surface area contributed by atoms with Crippen molar-refractivity contribution in [2.24, 2.45) is 0 Å². The largest absolute Gasteiger partial charge is 0.501 e. The summed E-state index contributed by atoms with van der Waals surface area (Å²) in [5.74, 6) is 0. The molecule has 0 heterocycles. The maximum absolute atomic E-state index is 14.1. The summed E-state index contributed by atoms with van der Waals surface area (Å²) in [6.07, 6.45) is 0. The normalized spacial score (nSPS) is 12.9. The summed E-state index contributed by atoms with van der Waals surface area (Å²) < 4.78 is 136. The fourth-order valence-corrected chi connectivity index (χ4v) is 6.75. The van der Waals surface area contributed by atoms with Gasteiger partial charge < -0.3 is 0 Å². The van der Waals surface area contributed by atoms with Gasteiger partial charge in [0.2, 0.25) is 0 Å². The minimum Gasteiger partial charge on any atom is -0.214 e. The van der Waals surface area contributed by atoms with Crippen molar-refractivity contribution >= 4 is 19.7 Å². The molecule has 0 radical (unpaired) electrons. The Labute approximate surface area is 214 Å². The molecule has 0 bridgehead atoms. The van der Waals surface area contributed by atoms with Gasteiger partial charge in [-0.15, -0.1) is 0 Å². The molecule has 4 rings (SSSR count). The Kier molecular flexibility index (Phi) is 6.91. The number of benzene rings is 4. The van der Waals surface area contributed by atoms with Crippen molar-refractivity contribution in [3.8, 4) is 33.4 Å². The Bertz CT molecular complexity index is 1680. The molecular weight excluding hydrogens is 554 g/mol. The Morgan fingerprint density at radius 3 is 1.18 bits per heavy atom. The minimum absolute atomic E-state index is 0.151. The highest BCUT2D eigenvalue weighted by Crippen LogP contribution is 2.50. The van der Waals surface area contributed by atoms with Crippen LogP contribution >= 0.6 is 0 Å². The zero-order valence-electron chi connectivity index (χ0n) is 19.0. The first-order valence-electron chi connectivity index (χ1n) is 10.7. The number of hydrogen-bond donors (Lipinski definition) is 0. The summed E-state index contributed by atoms with van der Waals surface area (Å²) in [5.41, 5.74) is -14.4. The second kappa shape index (κ2) is 9.59. The molecule has 0 unspecified atom stereocenters. The smallest absolute Gasteiger partial charge is 0.214 e. The Morgan fingerprint density at radius 2 is 0.789 bits per heavy atom. The average molecular weight is 571 g/mol. The molecule has 0 aliphatic rings. The molecule has 0 spiro atoms. The molecule has 4 aromatic carbocycles. The fraction of sp³-hybridized carbons (Fsp3) is 0.0769. The first-order valence-corrected chi connectivity index (χ1v) is 13.6. The van der Waals surface area contributed by atoms with Crippen molar-refractivity contribution in [1.82, 2.24) is 0 Å². The van der Waals surface area contributed by atoms with Crippen LogP contribution < -0.4 is 0 Å². The molecule has 0 aliphatic heterocycles. The van der Waals surface area contributed by atoms with Gasteiger partial charge in [0.1, 0.15) is 9.79 Å². The van der Waals surface area contributed by atoms with Crippen molar-refractivity contribution < 1.29 is 43.2 Å². The predicted octanol–water partition coefficient (Wildman–Crippen LogP) is 7.27. The number of hydrogen-bond acceptors (Lipinski definition) is 4. The van der Waals surface area contributed by atoms with E-state index in [-0.39, 0.29) is 22.3 Å². The lowest BCUT2D eigenvalue weighted by Gasteiger charge is -2.24. The van der Waals surface area contributed by atoms with E-state index in [0.717, 1.165) is 6.07 Å². The van der Waals surface area contributed by atoms with Crippen LogP contribution in [-0.2, 0) is 19.7 Å². The van der Waals surface area contributed by atoms with Crippen molar-refractivity contribution in [2.45, 2.75) is 20.8 Å². The van der Waals surface area contributed by atoms with Crippen molar-refractivity contribution in [1.29, 1.82) is 0 Å². The number of halogens is 6. The van der Waals surface area contributed by atoms with Crippen LogP contribution in [0.15, 0.2) is 107 Å². The molecule has 0 saturated heterocycles. The van der Waals surface area contributed by atoms with Gasteiger partial charge in [0.25, 0.3) is 19.7 Å².